The molecule has 1 aromatic carbocycles. The van der Waals surface area contributed by atoms with Crippen LogP contribution < -0.4 is 5.73 Å². The Kier molecular flexibility index (Phi) is 5.04. The minimum atomic E-state index is -0.523. The lowest BCUT2D eigenvalue weighted by molar-refractivity contribution is -0.384. The van der Waals surface area contributed by atoms with Crippen LogP contribution in [0.25, 0.3) is 0 Å². The van der Waals surface area contributed by atoms with E-state index in [1.807, 2.05) is 0 Å². The molecule has 0 spiro atoms. The van der Waals surface area contributed by atoms with Crippen LogP contribution in [0.1, 0.15) is 0 Å². The van der Waals surface area contributed by atoms with Crippen molar-refractivity contribution in [3.63, 3.8) is 0 Å². The molecule has 0 aromatic heterocycles. The first-order valence-electron chi connectivity index (χ1n) is 3.11. The van der Waals surface area contributed by atoms with Gasteiger partial charge in [0.25, 0.3) is 5.69 Å². The van der Waals surface area contributed by atoms with E-state index in [4.69, 9.17) is 16.5 Å². The van der Waals surface area contributed by atoms with Crippen molar-refractivity contribution in [1.82, 2.24) is 0 Å². The second-order valence-corrected chi connectivity index (χ2v) is 3.85. The Balaban J connectivity index is 0.000000791. The van der Waals surface area contributed by atoms with Crippen LogP contribution in [-0.2, 0) is 0 Å². The Morgan fingerprint density at radius 3 is 2.29 bits per heavy atom. The molecule has 0 saturated carbocycles. The van der Waals surface area contributed by atoms with Gasteiger partial charge >= 0.3 is 0 Å². The van der Waals surface area contributed by atoms with Crippen molar-refractivity contribution >= 4 is 43.2 Å². The van der Waals surface area contributed by atoms with Crippen LogP contribution in [0.3, 0.4) is 0 Å². The van der Waals surface area contributed by atoms with Crippen LogP contribution in [-0.4, -0.2) is 4.92 Å². The number of nitrogens with zero attached hydrogens (tertiary/aromatic N) is 3. The number of hydrogen-bond acceptors (Lipinski definition) is 5. The number of nitrogens with two attached hydrogens (primary N) is 1. The molecule has 6 nitrogen and oxygen atoms in total. The Bertz CT molecular complexity index is 380. The van der Waals surface area contributed by atoms with Crippen molar-refractivity contribution in [1.29, 1.82) is 10.8 Å². The number of hydrogen-bond donors (Lipinski definition) is 1. The highest BCUT2D eigenvalue weighted by atomic mass is 79.9. The largest absolute Gasteiger partial charge is 0.392 e. The van der Waals surface area contributed by atoms with Gasteiger partial charge in [0.05, 0.1) is 4.92 Å². The van der Waals surface area contributed by atoms with Crippen molar-refractivity contribution in [2.45, 2.75) is 0 Å². The minimum Gasteiger partial charge on any atom is -0.392 e. The molecule has 1 aromatic rings. The predicted molar refractivity (Wildman–Crippen MR) is 56.4 cm³/mol. The summed E-state index contributed by atoms with van der Waals surface area (Å²) in [5.74, 6) is 0. The molecule has 0 saturated heterocycles. The standard InChI is InChI=1S/C6H4Br2N2O2.N2/c7-3-1-4(8)6(9)5(2-3)10(11)12;1-2/h1-2H,9H2;. The summed E-state index contributed by atoms with van der Waals surface area (Å²) < 4.78 is 1.14. The van der Waals surface area contributed by atoms with Gasteiger partial charge in [-0.25, -0.2) is 0 Å². The molecule has 1 rings (SSSR count). The van der Waals surface area contributed by atoms with E-state index in [1.165, 1.54) is 6.07 Å². The zero-order valence-corrected chi connectivity index (χ0v) is 9.82. The van der Waals surface area contributed by atoms with Crippen LogP contribution in [0.5, 0.6) is 0 Å². The number of nitrogen functional groups attached to an aromatic ring is 1. The quantitative estimate of drug-likeness (QED) is 0.369. The summed E-state index contributed by atoms with van der Waals surface area (Å²) in [5, 5.41) is 22.4. The maximum Gasteiger partial charge on any atom is 0.294 e. The Morgan fingerprint density at radius 2 is 1.86 bits per heavy atom. The monoisotopic (exact) mass is 322 g/mol. The number of nitro groups is 1. The molecule has 74 valence electrons. The van der Waals surface area contributed by atoms with Gasteiger partial charge in [-0.3, -0.25) is 10.1 Å². The first kappa shape index (κ1) is 12.8. The number of rotatable bonds is 1. The molecule has 0 atom stereocenters. The second-order valence-electron chi connectivity index (χ2n) is 2.08. The minimum absolute atomic E-state index is 0.101. The molecule has 0 unspecified atom stereocenters. The van der Waals surface area contributed by atoms with Gasteiger partial charge in [-0.15, -0.1) is 0 Å². The van der Waals surface area contributed by atoms with Crippen LogP contribution in [0, 0.1) is 20.9 Å². The summed E-state index contributed by atoms with van der Waals surface area (Å²) in [6, 6.07) is 3.02. The van der Waals surface area contributed by atoms with E-state index in [0.29, 0.717) is 8.95 Å². The van der Waals surface area contributed by atoms with E-state index in [1.54, 1.807) is 6.07 Å². The Morgan fingerprint density at radius 1 is 1.36 bits per heavy atom. The highest BCUT2D eigenvalue weighted by molar-refractivity contribution is 9.11. The van der Waals surface area contributed by atoms with Gasteiger partial charge in [-0.05, 0) is 22.0 Å². The van der Waals surface area contributed by atoms with E-state index in [-0.39, 0.29) is 11.4 Å². The maximum atomic E-state index is 10.4. The summed E-state index contributed by atoms with van der Waals surface area (Å²) in [7, 11) is 0. The van der Waals surface area contributed by atoms with Gasteiger partial charge in [0.1, 0.15) is 5.69 Å². The molecular weight excluding hydrogens is 320 g/mol. The van der Waals surface area contributed by atoms with E-state index in [9.17, 15) is 10.1 Å². The lowest BCUT2D eigenvalue weighted by Crippen LogP contribution is -1.96. The highest BCUT2D eigenvalue weighted by Crippen LogP contribution is 2.32. The van der Waals surface area contributed by atoms with Gasteiger partial charge < -0.3 is 5.73 Å². The lowest BCUT2D eigenvalue weighted by atomic mass is 10.3. The molecule has 0 radical (unpaired) electrons. The molecule has 0 bridgehead atoms. The number of halogens is 2. The molecule has 0 fully saturated rings. The zero-order valence-electron chi connectivity index (χ0n) is 6.65. The molecule has 0 heterocycles. The van der Waals surface area contributed by atoms with Crippen molar-refractivity contribution in [2.75, 3.05) is 5.73 Å². The van der Waals surface area contributed by atoms with Gasteiger partial charge in [0.2, 0.25) is 0 Å². The summed E-state index contributed by atoms with van der Waals surface area (Å²) in [5.41, 5.74) is 5.48. The van der Waals surface area contributed by atoms with Crippen molar-refractivity contribution in [2.24, 2.45) is 0 Å². The third kappa shape index (κ3) is 2.93. The predicted octanol–water partition coefficient (Wildman–Crippen LogP) is 2.73. The number of benzene rings is 1. The van der Waals surface area contributed by atoms with Gasteiger partial charge in [0, 0.05) is 25.8 Å². The maximum absolute atomic E-state index is 10.4. The fourth-order valence-electron chi connectivity index (χ4n) is 0.722. The van der Waals surface area contributed by atoms with Gasteiger partial charge in [0.15, 0.2) is 0 Å². The van der Waals surface area contributed by atoms with Gasteiger partial charge in [-0.2, -0.15) is 0 Å². The lowest BCUT2D eigenvalue weighted by Gasteiger charge is -1.99. The SMILES string of the molecule is N#N.Nc1c(Br)cc(Br)cc1[N+](=O)[O-]. The van der Waals surface area contributed by atoms with Crippen molar-refractivity contribution < 1.29 is 4.92 Å². The Hall–Kier alpha value is -1.20. The van der Waals surface area contributed by atoms with Crippen LogP contribution in [0.4, 0.5) is 11.4 Å². The third-order valence-corrected chi connectivity index (χ3v) is 2.38. The van der Waals surface area contributed by atoms with Crippen LogP contribution in [0.2, 0.25) is 0 Å². The molecule has 0 aliphatic rings. The zero-order chi connectivity index (χ0) is 11.3. The molecule has 2 N–H and O–H groups in total. The van der Waals surface area contributed by atoms with E-state index in [0.717, 1.165) is 0 Å². The smallest absolute Gasteiger partial charge is 0.294 e. The Labute approximate surface area is 95.9 Å². The molecular formula is C6H4Br2N4O2. The first-order chi connectivity index (χ1) is 6.52. The average Bonchev–Trinajstić information content (AvgIpc) is 2.14. The van der Waals surface area contributed by atoms with Gasteiger partial charge in [-0.1, -0.05) is 15.9 Å². The molecule has 0 amide bonds. The summed E-state index contributed by atoms with van der Waals surface area (Å²) in [4.78, 5) is 9.89. The van der Waals surface area contributed by atoms with Crippen molar-refractivity contribution in [3.05, 3.63) is 31.2 Å². The normalized spacial score (nSPS) is 8.57. The van der Waals surface area contributed by atoms with Crippen LogP contribution >= 0.6 is 31.9 Å². The fourth-order valence-corrected chi connectivity index (χ4v) is 1.92. The molecule has 0 aliphatic heterocycles. The second kappa shape index (κ2) is 5.51. The topological polar surface area (TPSA) is 117 Å². The third-order valence-electron chi connectivity index (χ3n) is 1.27. The molecule has 8 heteroatoms. The van der Waals surface area contributed by atoms with E-state index >= 15 is 0 Å². The van der Waals surface area contributed by atoms with E-state index in [2.05, 4.69) is 31.9 Å². The summed E-state index contributed by atoms with van der Waals surface area (Å²) in [6.07, 6.45) is 0. The molecule has 14 heavy (non-hydrogen) atoms. The average molecular weight is 324 g/mol. The van der Waals surface area contributed by atoms with Crippen molar-refractivity contribution in [3.8, 4) is 0 Å². The molecule has 0 aliphatic carbocycles. The number of nitro benzene ring substituents is 1. The van der Waals surface area contributed by atoms with E-state index < -0.39 is 4.92 Å². The summed E-state index contributed by atoms with van der Waals surface area (Å²) in [6.45, 7) is 0. The highest BCUT2D eigenvalue weighted by Gasteiger charge is 2.14. The van der Waals surface area contributed by atoms with Crippen LogP contribution in [0.15, 0.2) is 21.1 Å². The number of anilines is 1. The first-order valence-corrected chi connectivity index (χ1v) is 4.70. The fraction of sp³-hybridized carbons (Fsp3) is 0. The summed E-state index contributed by atoms with van der Waals surface area (Å²) >= 11 is 6.23.